The predicted molar refractivity (Wildman–Crippen MR) is 46.3 cm³/mol. The molecule has 0 heterocycles. The zero-order valence-electron chi connectivity index (χ0n) is 7.24. The Morgan fingerprint density at radius 2 is 2.08 bits per heavy atom. The van der Waals surface area contributed by atoms with E-state index < -0.39 is 0 Å². The number of hydrogen-bond donors (Lipinski definition) is 1. The molecule has 0 aromatic rings. The Labute approximate surface area is 72.6 Å². The molecule has 4 atom stereocenters. The predicted octanol–water partition coefficient (Wildman–Crippen LogP) is 2.27. The van der Waals surface area contributed by atoms with Gasteiger partial charge in [0.2, 0.25) is 0 Å². The van der Waals surface area contributed by atoms with E-state index in [1.54, 1.807) is 0 Å². The van der Waals surface area contributed by atoms with Crippen LogP contribution in [0.1, 0.15) is 32.1 Å². The van der Waals surface area contributed by atoms with Gasteiger partial charge in [0.25, 0.3) is 0 Å². The van der Waals surface area contributed by atoms with Crippen molar-refractivity contribution in [3.8, 4) is 0 Å². The van der Waals surface area contributed by atoms with Gasteiger partial charge in [-0.1, -0.05) is 11.6 Å². The molecular formula is C10H15NO. The highest BCUT2D eigenvalue weighted by Gasteiger charge is 2.52. The first-order valence-corrected chi connectivity index (χ1v) is 5.11. The van der Waals surface area contributed by atoms with Crippen molar-refractivity contribution in [1.29, 1.82) is 0 Å². The Bertz CT molecular complexity index is 236. The van der Waals surface area contributed by atoms with Crippen molar-refractivity contribution >= 4 is 5.71 Å². The molecule has 1 N–H and O–H groups in total. The van der Waals surface area contributed by atoms with Gasteiger partial charge >= 0.3 is 0 Å². The first kappa shape index (κ1) is 6.93. The number of rotatable bonds is 0. The van der Waals surface area contributed by atoms with E-state index in [0.29, 0.717) is 5.92 Å². The van der Waals surface area contributed by atoms with Crippen LogP contribution in [0.4, 0.5) is 0 Å². The molecule has 0 spiro atoms. The van der Waals surface area contributed by atoms with E-state index in [4.69, 9.17) is 5.21 Å². The molecule has 0 radical (unpaired) electrons. The van der Waals surface area contributed by atoms with Crippen molar-refractivity contribution in [3.63, 3.8) is 0 Å². The maximum atomic E-state index is 8.80. The smallest absolute Gasteiger partial charge is 0.0607 e. The third-order valence-corrected chi connectivity index (χ3v) is 4.33. The average molecular weight is 165 g/mol. The lowest BCUT2D eigenvalue weighted by Crippen LogP contribution is -2.24. The highest BCUT2D eigenvalue weighted by Crippen LogP contribution is 2.57. The first-order chi connectivity index (χ1) is 5.90. The minimum atomic E-state index is 0.674. The van der Waals surface area contributed by atoms with Crippen molar-refractivity contribution < 1.29 is 5.21 Å². The molecule has 2 heteroatoms. The van der Waals surface area contributed by atoms with Gasteiger partial charge in [-0.2, -0.15) is 0 Å². The van der Waals surface area contributed by atoms with Gasteiger partial charge in [0, 0.05) is 5.92 Å². The molecule has 3 aliphatic rings. The lowest BCUT2D eigenvalue weighted by molar-refractivity contribution is 0.293. The molecular weight excluding hydrogens is 150 g/mol. The average Bonchev–Trinajstić information content (AvgIpc) is 2.75. The zero-order chi connectivity index (χ0) is 8.13. The second-order valence-electron chi connectivity index (χ2n) is 4.66. The van der Waals surface area contributed by atoms with Gasteiger partial charge in [-0.25, -0.2) is 0 Å². The van der Waals surface area contributed by atoms with Crippen LogP contribution in [-0.4, -0.2) is 10.9 Å². The molecule has 0 amide bonds. The molecule has 12 heavy (non-hydrogen) atoms. The highest BCUT2D eigenvalue weighted by atomic mass is 16.4. The fourth-order valence-corrected chi connectivity index (χ4v) is 3.93. The summed E-state index contributed by atoms with van der Waals surface area (Å²) in [5, 5.41) is 12.2. The summed E-state index contributed by atoms with van der Waals surface area (Å²) >= 11 is 0. The SMILES string of the molecule is O/N=C1\CC2CC1C1CCCC21. The molecule has 4 unspecified atom stereocenters. The summed E-state index contributed by atoms with van der Waals surface area (Å²) in [6.07, 6.45) is 6.69. The van der Waals surface area contributed by atoms with Crippen molar-refractivity contribution in [1.82, 2.24) is 0 Å². The summed E-state index contributed by atoms with van der Waals surface area (Å²) in [5.41, 5.74) is 1.11. The molecule has 2 nitrogen and oxygen atoms in total. The third kappa shape index (κ3) is 0.686. The summed E-state index contributed by atoms with van der Waals surface area (Å²) < 4.78 is 0. The van der Waals surface area contributed by atoms with Gasteiger partial charge in [0.15, 0.2) is 0 Å². The van der Waals surface area contributed by atoms with E-state index in [2.05, 4.69) is 5.16 Å². The number of hydrogen-bond acceptors (Lipinski definition) is 2. The third-order valence-electron chi connectivity index (χ3n) is 4.33. The van der Waals surface area contributed by atoms with Crippen LogP contribution in [0.2, 0.25) is 0 Å². The molecule has 3 fully saturated rings. The van der Waals surface area contributed by atoms with Crippen LogP contribution in [0.5, 0.6) is 0 Å². The molecule has 0 saturated heterocycles. The Balaban J connectivity index is 1.92. The van der Waals surface area contributed by atoms with Crippen LogP contribution in [0.25, 0.3) is 0 Å². The summed E-state index contributed by atoms with van der Waals surface area (Å²) in [5.74, 6) is 3.45. The summed E-state index contributed by atoms with van der Waals surface area (Å²) in [6.45, 7) is 0. The standard InChI is InChI=1S/C10H15NO/c12-11-10-5-6-4-9(10)8-3-1-2-7(6)8/h6-9,12H,1-5H2/b11-10+. The van der Waals surface area contributed by atoms with E-state index in [9.17, 15) is 0 Å². The molecule has 3 aliphatic carbocycles. The van der Waals surface area contributed by atoms with E-state index in [1.807, 2.05) is 0 Å². The molecule has 0 aliphatic heterocycles. The lowest BCUT2D eigenvalue weighted by atomic mass is 9.81. The second kappa shape index (κ2) is 2.24. The minimum Gasteiger partial charge on any atom is -0.411 e. The first-order valence-electron chi connectivity index (χ1n) is 5.11. The van der Waals surface area contributed by atoms with Crippen LogP contribution >= 0.6 is 0 Å². The van der Waals surface area contributed by atoms with Crippen molar-refractivity contribution in [2.45, 2.75) is 32.1 Å². The maximum absolute atomic E-state index is 8.80. The van der Waals surface area contributed by atoms with E-state index in [0.717, 1.165) is 29.9 Å². The Kier molecular flexibility index (Phi) is 1.29. The highest BCUT2D eigenvalue weighted by molar-refractivity contribution is 5.89. The van der Waals surface area contributed by atoms with Gasteiger partial charge in [-0.15, -0.1) is 0 Å². The fraction of sp³-hybridized carbons (Fsp3) is 0.900. The largest absolute Gasteiger partial charge is 0.411 e. The van der Waals surface area contributed by atoms with Crippen molar-refractivity contribution in [3.05, 3.63) is 0 Å². The minimum absolute atomic E-state index is 0.674. The van der Waals surface area contributed by atoms with Crippen LogP contribution in [0.15, 0.2) is 5.16 Å². The topological polar surface area (TPSA) is 32.6 Å². The molecule has 3 rings (SSSR count). The van der Waals surface area contributed by atoms with Crippen LogP contribution in [0.3, 0.4) is 0 Å². The zero-order valence-corrected chi connectivity index (χ0v) is 7.24. The normalized spacial score (nSPS) is 53.5. The molecule has 3 saturated carbocycles. The van der Waals surface area contributed by atoms with Gasteiger partial charge < -0.3 is 5.21 Å². The van der Waals surface area contributed by atoms with Crippen molar-refractivity contribution in [2.24, 2.45) is 28.8 Å². The molecule has 2 bridgehead atoms. The molecule has 0 aromatic heterocycles. The maximum Gasteiger partial charge on any atom is 0.0607 e. The summed E-state index contributed by atoms with van der Waals surface area (Å²) in [6, 6.07) is 0. The number of fused-ring (bicyclic) bond motifs is 5. The number of nitrogens with zero attached hydrogens (tertiary/aromatic N) is 1. The van der Waals surface area contributed by atoms with Crippen LogP contribution in [0, 0.1) is 23.7 Å². The fourth-order valence-electron chi connectivity index (χ4n) is 3.93. The van der Waals surface area contributed by atoms with Gasteiger partial charge in [-0.3, -0.25) is 0 Å². The Hall–Kier alpha value is -0.530. The van der Waals surface area contributed by atoms with Crippen LogP contribution < -0.4 is 0 Å². The van der Waals surface area contributed by atoms with Gasteiger partial charge in [-0.05, 0) is 43.4 Å². The molecule has 0 aromatic carbocycles. The lowest BCUT2D eigenvalue weighted by Gasteiger charge is -2.24. The summed E-state index contributed by atoms with van der Waals surface area (Å²) in [4.78, 5) is 0. The van der Waals surface area contributed by atoms with Gasteiger partial charge in [0.1, 0.15) is 0 Å². The van der Waals surface area contributed by atoms with Crippen LogP contribution in [-0.2, 0) is 0 Å². The monoisotopic (exact) mass is 165 g/mol. The molecule has 66 valence electrons. The number of oxime groups is 1. The van der Waals surface area contributed by atoms with E-state index >= 15 is 0 Å². The second-order valence-corrected chi connectivity index (χ2v) is 4.66. The van der Waals surface area contributed by atoms with E-state index in [1.165, 1.54) is 25.7 Å². The van der Waals surface area contributed by atoms with E-state index in [-0.39, 0.29) is 0 Å². The quantitative estimate of drug-likeness (QED) is 0.433. The summed E-state index contributed by atoms with van der Waals surface area (Å²) in [7, 11) is 0. The van der Waals surface area contributed by atoms with Gasteiger partial charge in [0.05, 0.1) is 5.71 Å². The Morgan fingerprint density at radius 1 is 1.25 bits per heavy atom. The Morgan fingerprint density at radius 3 is 2.92 bits per heavy atom. The van der Waals surface area contributed by atoms with Crippen molar-refractivity contribution in [2.75, 3.05) is 0 Å².